The average Bonchev–Trinajstić information content (AvgIpc) is 2.84. The van der Waals surface area contributed by atoms with E-state index in [1.165, 1.54) is 0 Å². The van der Waals surface area contributed by atoms with Crippen molar-refractivity contribution in [2.75, 3.05) is 0 Å². The van der Waals surface area contributed by atoms with Gasteiger partial charge in [0.15, 0.2) is 12.0 Å². The number of nitrogens with two attached hydrogens (primary N) is 1. The number of ketones is 1. The van der Waals surface area contributed by atoms with E-state index < -0.39 is 59.5 Å². The molecule has 0 radical (unpaired) electrons. The number of hydrogen-bond acceptors (Lipinski definition) is 8. The number of nitrogens with one attached hydrogen (secondary N) is 1. The highest BCUT2D eigenvalue weighted by molar-refractivity contribution is 5.88. The Labute approximate surface area is 140 Å². The van der Waals surface area contributed by atoms with Crippen LogP contribution in [0.1, 0.15) is 20.1 Å². The minimum absolute atomic E-state index is 0.294. The molecule has 6 N–H and O–H groups in total. The van der Waals surface area contributed by atoms with Crippen molar-refractivity contribution in [1.82, 2.24) is 9.55 Å². The van der Waals surface area contributed by atoms with Gasteiger partial charge in [0, 0.05) is 0 Å². The molecule has 0 bridgehead atoms. The lowest BCUT2D eigenvalue weighted by Crippen LogP contribution is -2.50. The highest BCUT2D eigenvalue weighted by atomic mass is 19.1. The first-order valence-corrected chi connectivity index (χ1v) is 7.56. The standard InChI is InChI=1S/C14H20FN3O7/c1-4(2)6(16)7(19)8(20)11-9(21)10(22)13(25-11)18-3-5(15)12(23)17-14(18)24/h3-4,6,8-11,13,20-22H,16H2,1-2H3,(H,17,23,24)/t6?,8?,9-,10+,11+,13+/m0/s1. The van der Waals surface area contributed by atoms with Gasteiger partial charge in [0.05, 0.1) is 12.2 Å². The van der Waals surface area contributed by atoms with Gasteiger partial charge in [-0.1, -0.05) is 13.8 Å². The van der Waals surface area contributed by atoms with Gasteiger partial charge in [0.1, 0.15) is 24.4 Å². The van der Waals surface area contributed by atoms with Crippen LogP contribution in [0.3, 0.4) is 0 Å². The molecule has 1 aliphatic rings. The summed E-state index contributed by atoms with van der Waals surface area (Å²) in [5.74, 6) is -2.42. The van der Waals surface area contributed by atoms with Crippen LogP contribution < -0.4 is 17.0 Å². The summed E-state index contributed by atoms with van der Waals surface area (Å²) >= 11 is 0. The second kappa shape index (κ2) is 7.14. The molecule has 0 amide bonds. The number of H-pyrrole nitrogens is 1. The maximum atomic E-state index is 13.4. The predicted molar refractivity (Wildman–Crippen MR) is 81.0 cm³/mol. The molecule has 1 aliphatic heterocycles. The van der Waals surface area contributed by atoms with Gasteiger partial charge in [0.25, 0.3) is 5.56 Å². The van der Waals surface area contributed by atoms with Crippen molar-refractivity contribution in [1.29, 1.82) is 0 Å². The van der Waals surface area contributed by atoms with E-state index in [0.29, 0.717) is 10.8 Å². The third kappa shape index (κ3) is 3.55. The monoisotopic (exact) mass is 361 g/mol. The van der Waals surface area contributed by atoms with E-state index in [-0.39, 0.29) is 5.92 Å². The van der Waals surface area contributed by atoms with Gasteiger partial charge in [-0.25, -0.2) is 4.79 Å². The van der Waals surface area contributed by atoms with Gasteiger partial charge in [-0.3, -0.25) is 19.1 Å². The van der Waals surface area contributed by atoms with E-state index >= 15 is 0 Å². The first kappa shape index (κ1) is 19.4. The Kier molecular flexibility index (Phi) is 5.54. The molecular weight excluding hydrogens is 341 g/mol. The molecule has 10 nitrogen and oxygen atoms in total. The third-order valence-corrected chi connectivity index (χ3v) is 4.12. The molecule has 2 rings (SSSR count). The van der Waals surface area contributed by atoms with E-state index in [1.54, 1.807) is 18.8 Å². The van der Waals surface area contributed by atoms with Gasteiger partial charge in [0.2, 0.25) is 5.82 Å². The molecule has 6 atom stereocenters. The van der Waals surface area contributed by atoms with Crippen molar-refractivity contribution in [3.8, 4) is 0 Å². The molecule has 0 saturated carbocycles. The molecule has 1 aromatic heterocycles. The summed E-state index contributed by atoms with van der Waals surface area (Å²) in [5, 5.41) is 30.2. The zero-order valence-corrected chi connectivity index (χ0v) is 13.5. The van der Waals surface area contributed by atoms with Crippen molar-refractivity contribution in [3.05, 3.63) is 32.9 Å². The molecule has 140 valence electrons. The van der Waals surface area contributed by atoms with Crippen molar-refractivity contribution < 1.29 is 29.2 Å². The van der Waals surface area contributed by atoms with E-state index in [1.807, 2.05) is 0 Å². The number of aliphatic hydroxyl groups is 3. The van der Waals surface area contributed by atoms with Crippen molar-refractivity contribution >= 4 is 5.78 Å². The number of aromatic nitrogens is 2. The number of Topliss-reactive ketones (excluding diaryl/α,β-unsaturated/α-hetero) is 1. The van der Waals surface area contributed by atoms with Crippen LogP contribution in [0.4, 0.5) is 4.39 Å². The summed E-state index contributed by atoms with van der Waals surface area (Å²) in [6.07, 6.45) is -8.07. The lowest BCUT2D eigenvalue weighted by molar-refractivity contribution is -0.143. The SMILES string of the molecule is CC(C)C(N)C(=O)C(O)[C@H]1O[C@@H](n2cc(F)c(=O)[nH]c2=O)[C@H](O)[C@@H]1O. The summed E-state index contributed by atoms with van der Waals surface area (Å²) in [4.78, 5) is 36.6. The molecule has 1 aromatic rings. The second-order valence-corrected chi connectivity index (χ2v) is 6.23. The van der Waals surface area contributed by atoms with Crippen LogP contribution in [0, 0.1) is 11.7 Å². The fourth-order valence-electron chi connectivity index (χ4n) is 2.51. The smallest absolute Gasteiger partial charge is 0.330 e. The summed E-state index contributed by atoms with van der Waals surface area (Å²) in [5.41, 5.74) is 3.31. The lowest BCUT2D eigenvalue weighted by Gasteiger charge is -2.24. The van der Waals surface area contributed by atoms with Crippen LogP contribution in [-0.2, 0) is 9.53 Å². The van der Waals surface area contributed by atoms with E-state index in [0.717, 1.165) is 0 Å². The van der Waals surface area contributed by atoms with Crippen LogP contribution in [0.2, 0.25) is 0 Å². The van der Waals surface area contributed by atoms with Crippen LogP contribution in [0.5, 0.6) is 0 Å². The van der Waals surface area contributed by atoms with Gasteiger partial charge < -0.3 is 25.8 Å². The fourth-order valence-corrected chi connectivity index (χ4v) is 2.51. The third-order valence-electron chi connectivity index (χ3n) is 4.12. The molecule has 1 fully saturated rings. The number of aromatic amines is 1. The quantitative estimate of drug-likeness (QED) is 0.375. The van der Waals surface area contributed by atoms with E-state index in [4.69, 9.17) is 10.5 Å². The Balaban J connectivity index is 2.30. The average molecular weight is 361 g/mol. The number of nitrogens with zero attached hydrogens (tertiary/aromatic N) is 1. The normalized spacial score (nSPS) is 29.0. The summed E-state index contributed by atoms with van der Waals surface area (Å²) in [6, 6.07) is -1.03. The number of carbonyl (C=O) groups is 1. The fraction of sp³-hybridized carbons (Fsp3) is 0.643. The van der Waals surface area contributed by atoms with Gasteiger partial charge >= 0.3 is 5.69 Å². The van der Waals surface area contributed by atoms with Crippen LogP contribution in [-0.4, -0.2) is 61.1 Å². The number of carbonyl (C=O) groups excluding carboxylic acids is 1. The molecular formula is C14H20FN3O7. The number of halogens is 1. The van der Waals surface area contributed by atoms with Gasteiger partial charge in [-0.2, -0.15) is 4.39 Å². The maximum Gasteiger partial charge on any atom is 0.330 e. The number of aliphatic hydroxyl groups excluding tert-OH is 3. The molecule has 0 spiro atoms. The van der Waals surface area contributed by atoms with Crippen LogP contribution in [0.15, 0.2) is 15.8 Å². The molecule has 25 heavy (non-hydrogen) atoms. The van der Waals surface area contributed by atoms with Crippen LogP contribution in [0.25, 0.3) is 0 Å². The summed E-state index contributed by atoms with van der Waals surface area (Å²) in [7, 11) is 0. The Morgan fingerprint density at radius 3 is 2.52 bits per heavy atom. The minimum Gasteiger partial charge on any atom is -0.387 e. The highest BCUT2D eigenvalue weighted by Gasteiger charge is 2.49. The zero-order valence-electron chi connectivity index (χ0n) is 13.5. The first-order chi connectivity index (χ1) is 11.6. The lowest BCUT2D eigenvalue weighted by atomic mass is 9.93. The highest BCUT2D eigenvalue weighted by Crippen LogP contribution is 2.30. The molecule has 11 heteroatoms. The van der Waals surface area contributed by atoms with E-state index in [9.17, 15) is 34.1 Å². The number of rotatable bonds is 5. The van der Waals surface area contributed by atoms with E-state index in [2.05, 4.69) is 0 Å². The second-order valence-electron chi connectivity index (χ2n) is 6.23. The molecule has 0 aliphatic carbocycles. The maximum absolute atomic E-state index is 13.4. The topological polar surface area (TPSA) is 168 Å². The van der Waals surface area contributed by atoms with Crippen molar-refractivity contribution in [3.63, 3.8) is 0 Å². The minimum atomic E-state index is -1.87. The molecule has 2 heterocycles. The Morgan fingerprint density at radius 2 is 1.96 bits per heavy atom. The Morgan fingerprint density at radius 1 is 1.36 bits per heavy atom. The largest absolute Gasteiger partial charge is 0.387 e. The molecule has 1 saturated heterocycles. The zero-order chi connectivity index (χ0) is 19.0. The summed E-state index contributed by atoms with van der Waals surface area (Å²) in [6.45, 7) is 3.31. The Hall–Kier alpha value is -1.92. The van der Waals surface area contributed by atoms with Gasteiger partial charge in [-0.15, -0.1) is 0 Å². The Bertz CT molecular complexity index is 762. The van der Waals surface area contributed by atoms with Gasteiger partial charge in [-0.05, 0) is 5.92 Å². The molecule has 0 aromatic carbocycles. The molecule has 2 unspecified atom stereocenters. The van der Waals surface area contributed by atoms with Crippen molar-refractivity contribution in [2.45, 2.75) is 50.5 Å². The van der Waals surface area contributed by atoms with Crippen molar-refractivity contribution in [2.24, 2.45) is 11.7 Å². The van der Waals surface area contributed by atoms with Crippen LogP contribution >= 0.6 is 0 Å². The number of hydrogen-bond donors (Lipinski definition) is 5. The first-order valence-electron chi connectivity index (χ1n) is 7.56. The number of ether oxygens (including phenoxy) is 1. The predicted octanol–water partition coefficient (Wildman–Crippen LogP) is -2.79. The summed E-state index contributed by atoms with van der Waals surface area (Å²) < 4.78 is 19.1.